The van der Waals surface area contributed by atoms with Crippen molar-refractivity contribution in [1.82, 2.24) is 10.2 Å². The predicted molar refractivity (Wildman–Crippen MR) is 70.8 cm³/mol. The molecule has 2 heterocycles. The van der Waals surface area contributed by atoms with E-state index in [9.17, 15) is 4.79 Å². The molecule has 2 aromatic rings. The number of H-pyrrole nitrogens is 1. The Morgan fingerprint density at radius 3 is 2.83 bits per heavy atom. The molecule has 0 unspecified atom stereocenters. The van der Waals surface area contributed by atoms with Crippen LogP contribution in [0.3, 0.4) is 0 Å². The van der Waals surface area contributed by atoms with Gasteiger partial charge in [-0.3, -0.25) is 5.10 Å². The van der Waals surface area contributed by atoms with E-state index in [0.717, 1.165) is 29.2 Å². The number of carbonyl (C=O) groups is 1. The van der Waals surface area contributed by atoms with Crippen LogP contribution in [0.4, 0.5) is 0 Å². The molecular formula is C13H12N2O2S. The number of aromatic carboxylic acids is 1. The molecule has 92 valence electrons. The Hall–Kier alpha value is -1.75. The molecule has 0 saturated carbocycles. The van der Waals surface area contributed by atoms with Crippen molar-refractivity contribution in [2.75, 3.05) is 5.75 Å². The van der Waals surface area contributed by atoms with Crippen LogP contribution in [0.25, 0.3) is 11.3 Å². The number of nitrogens with one attached hydrogen (secondary N) is 1. The molecule has 1 aromatic carbocycles. The molecule has 0 spiro atoms. The zero-order valence-corrected chi connectivity index (χ0v) is 10.5. The molecule has 5 heteroatoms. The molecule has 1 aromatic heterocycles. The molecule has 4 nitrogen and oxygen atoms in total. The van der Waals surface area contributed by atoms with Gasteiger partial charge in [0.15, 0.2) is 0 Å². The summed E-state index contributed by atoms with van der Waals surface area (Å²) in [7, 11) is 0. The van der Waals surface area contributed by atoms with Crippen LogP contribution in [0.2, 0.25) is 0 Å². The predicted octanol–water partition coefficient (Wildman–Crippen LogP) is 2.56. The second kappa shape index (κ2) is 4.49. The second-order valence-electron chi connectivity index (χ2n) is 4.21. The minimum absolute atomic E-state index is 0.303. The van der Waals surface area contributed by atoms with Crippen LogP contribution in [-0.4, -0.2) is 27.0 Å². The van der Waals surface area contributed by atoms with E-state index in [4.69, 9.17) is 5.11 Å². The summed E-state index contributed by atoms with van der Waals surface area (Å²) in [6, 6.07) is 6.88. The van der Waals surface area contributed by atoms with E-state index in [0.29, 0.717) is 5.56 Å². The number of thioether (sulfide) groups is 1. The molecule has 0 aliphatic carbocycles. The fourth-order valence-electron chi connectivity index (χ4n) is 2.12. The van der Waals surface area contributed by atoms with E-state index in [1.54, 1.807) is 12.1 Å². The minimum atomic E-state index is -0.902. The summed E-state index contributed by atoms with van der Waals surface area (Å²) in [6.45, 7) is 0. The fourth-order valence-corrected chi connectivity index (χ4v) is 3.13. The first kappa shape index (κ1) is 11.3. The Morgan fingerprint density at radius 1 is 1.33 bits per heavy atom. The van der Waals surface area contributed by atoms with E-state index in [-0.39, 0.29) is 0 Å². The van der Waals surface area contributed by atoms with Crippen molar-refractivity contribution in [3.05, 3.63) is 41.1 Å². The summed E-state index contributed by atoms with van der Waals surface area (Å²) in [5, 5.41) is 16.3. The number of fused-ring (bicyclic) bond motifs is 1. The van der Waals surface area contributed by atoms with Gasteiger partial charge in [-0.2, -0.15) is 16.9 Å². The van der Waals surface area contributed by atoms with E-state index < -0.39 is 5.97 Å². The van der Waals surface area contributed by atoms with Crippen LogP contribution in [0.15, 0.2) is 24.3 Å². The number of aromatic nitrogens is 2. The average molecular weight is 260 g/mol. The van der Waals surface area contributed by atoms with Crippen LogP contribution in [0.1, 0.15) is 21.6 Å². The molecule has 0 saturated heterocycles. The zero-order valence-electron chi connectivity index (χ0n) is 9.64. The third-order valence-corrected chi connectivity index (χ3v) is 4.09. The topological polar surface area (TPSA) is 66.0 Å². The molecule has 18 heavy (non-hydrogen) atoms. The number of benzene rings is 1. The van der Waals surface area contributed by atoms with Gasteiger partial charge in [-0.15, -0.1) is 0 Å². The van der Waals surface area contributed by atoms with Gasteiger partial charge in [0.2, 0.25) is 0 Å². The maximum atomic E-state index is 10.8. The van der Waals surface area contributed by atoms with Gasteiger partial charge in [0, 0.05) is 22.6 Å². The van der Waals surface area contributed by atoms with E-state index in [2.05, 4.69) is 10.2 Å². The van der Waals surface area contributed by atoms with Crippen LogP contribution >= 0.6 is 11.8 Å². The number of carboxylic acid groups (broad SMARTS) is 1. The number of aromatic amines is 1. The highest BCUT2D eigenvalue weighted by Gasteiger charge is 2.18. The normalized spacial score (nSPS) is 14.2. The minimum Gasteiger partial charge on any atom is -0.478 e. The second-order valence-corrected chi connectivity index (χ2v) is 5.32. The molecule has 0 amide bonds. The molecule has 1 aliphatic rings. The van der Waals surface area contributed by atoms with Gasteiger partial charge in [0.1, 0.15) is 0 Å². The SMILES string of the molecule is O=C(O)c1ccc(-c2n[nH]c3c2CSCC3)cc1. The Morgan fingerprint density at radius 2 is 2.11 bits per heavy atom. The quantitative estimate of drug-likeness (QED) is 0.871. The van der Waals surface area contributed by atoms with Gasteiger partial charge in [-0.05, 0) is 24.3 Å². The molecule has 0 fully saturated rings. The van der Waals surface area contributed by atoms with Crippen LogP contribution in [0.5, 0.6) is 0 Å². The highest BCUT2D eigenvalue weighted by atomic mass is 32.2. The molecule has 0 radical (unpaired) electrons. The Balaban J connectivity index is 1.99. The number of hydrogen-bond acceptors (Lipinski definition) is 3. The van der Waals surface area contributed by atoms with Gasteiger partial charge < -0.3 is 5.11 Å². The van der Waals surface area contributed by atoms with E-state index in [1.165, 1.54) is 11.3 Å². The maximum absolute atomic E-state index is 10.8. The van der Waals surface area contributed by atoms with Crippen molar-refractivity contribution in [2.45, 2.75) is 12.2 Å². The first-order valence-corrected chi connectivity index (χ1v) is 6.89. The Bertz CT molecular complexity index is 590. The number of carboxylic acids is 1. The number of rotatable bonds is 2. The smallest absolute Gasteiger partial charge is 0.335 e. The van der Waals surface area contributed by atoms with Crippen molar-refractivity contribution in [2.24, 2.45) is 0 Å². The standard InChI is InChI=1S/C13H12N2O2S/c16-13(17)9-3-1-8(2-4-9)12-10-7-18-6-5-11(10)14-15-12/h1-4H,5-7H2,(H,14,15)(H,16,17). The largest absolute Gasteiger partial charge is 0.478 e. The third-order valence-electron chi connectivity index (χ3n) is 3.10. The van der Waals surface area contributed by atoms with Crippen molar-refractivity contribution in [1.29, 1.82) is 0 Å². The zero-order chi connectivity index (χ0) is 12.5. The van der Waals surface area contributed by atoms with Crippen molar-refractivity contribution < 1.29 is 9.90 Å². The van der Waals surface area contributed by atoms with Gasteiger partial charge in [-0.25, -0.2) is 4.79 Å². The molecule has 0 bridgehead atoms. The summed E-state index contributed by atoms with van der Waals surface area (Å²) in [6.07, 6.45) is 1.03. The third kappa shape index (κ3) is 1.90. The van der Waals surface area contributed by atoms with Crippen LogP contribution in [0, 0.1) is 0 Å². The lowest BCUT2D eigenvalue weighted by Crippen LogP contribution is -2.01. The number of aryl methyl sites for hydroxylation is 1. The Labute approximate surface area is 108 Å². The molecule has 1 aliphatic heterocycles. The van der Waals surface area contributed by atoms with Gasteiger partial charge in [0.05, 0.1) is 11.3 Å². The van der Waals surface area contributed by atoms with Crippen molar-refractivity contribution >= 4 is 17.7 Å². The highest BCUT2D eigenvalue weighted by Crippen LogP contribution is 2.31. The number of hydrogen-bond donors (Lipinski definition) is 2. The lowest BCUT2D eigenvalue weighted by atomic mass is 10.0. The summed E-state index contributed by atoms with van der Waals surface area (Å²) in [5.41, 5.74) is 4.70. The summed E-state index contributed by atoms with van der Waals surface area (Å²) >= 11 is 1.90. The van der Waals surface area contributed by atoms with Gasteiger partial charge >= 0.3 is 5.97 Å². The molecule has 3 rings (SSSR count). The first-order chi connectivity index (χ1) is 8.75. The summed E-state index contributed by atoms with van der Waals surface area (Å²) in [4.78, 5) is 10.8. The fraction of sp³-hybridized carbons (Fsp3) is 0.231. The Kier molecular flexibility index (Phi) is 2.83. The molecular weight excluding hydrogens is 248 g/mol. The van der Waals surface area contributed by atoms with E-state index in [1.807, 2.05) is 23.9 Å². The summed E-state index contributed by atoms with van der Waals surface area (Å²) < 4.78 is 0. The van der Waals surface area contributed by atoms with Crippen molar-refractivity contribution in [3.8, 4) is 11.3 Å². The first-order valence-electron chi connectivity index (χ1n) is 5.73. The molecule has 2 N–H and O–H groups in total. The maximum Gasteiger partial charge on any atom is 0.335 e. The average Bonchev–Trinajstić information content (AvgIpc) is 2.82. The van der Waals surface area contributed by atoms with Crippen molar-refractivity contribution in [3.63, 3.8) is 0 Å². The lowest BCUT2D eigenvalue weighted by Gasteiger charge is -2.11. The van der Waals surface area contributed by atoms with Gasteiger partial charge in [0.25, 0.3) is 0 Å². The highest BCUT2D eigenvalue weighted by molar-refractivity contribution is 7.98. The lowest BCUT2D eigenvalue weighted by molar-refractivity contribution is 0.0697. The van der Waals surface area contributed by atoms with Crippen LogP contribution < -0.4 is 0 Å². The van der Waals surface area contributed by atoms with E-state index >= 15 is 0 Å². The molecule has 0 atom stereocenters. The van der Waals surface area contributed by atoms with Crippen LogP contribution in [-0.2, 0) is 12.2 Å². The summed E-state index contributed by atoms with van der Waals surface area (Å²) in [5.74, 6) is 1.20. The van der Waals surface area contributed by atoms with Gasteiger partial charge in [-0.1, -0.05) is 12.1 Å². The monoisotopic (exact) mass is 260 g/mol. The number of nitrogens with zero attached hydrogens (tertiary/aromatic N) is 1.